The van der Waals surface area contributed by atoms with Crippen LogP contribution >= 0.6 is 0 Å². The molecule has 21 heavy (non-hydrogen) atoms. The van der Waals surface area contributed by atoms with E-state index in [2.05, 4.69) is 4.99 Å². The molecule has 2 aromatic carbocycles. The van der Waals surface area contributed by atoms with Crippen LogP contribution in [0.3, 0.4) is 0 Å². The van der Waals surface area contributed by atoms with E-state index in [9.17, 15) is 22.0 Å². The summed E-state index contributed by atoms with van der Waals surface area (Å²) in [5, 5.41) is 0. The molecule has 0 bridgehead atoms. The van der Waals surface area contributed by atoms with E-state index in [1.807, 2.05) is 0 Å². The van der Waals surface area contributed by atoms with Crippen LogP contribution in [0.1, 0.15) is 5.56 Å². The van der Waals surface area contributed by atoms with Crippen LogP contribution < -0.4 is 4.74 Å². The maximum absolute atomic E-state index is 13.4. The normalized spacial score (nSPS) is 11.1. The lowest BCUT2D eigenvalue weighted by atomic mass is 10.2. The number of ether oxygens (including phenoxy) is 1. The predicted octanol–water partition coefficient (Wildman–Crippen LogP) is 4.14. The molecule has 2 nitrogen and oxygen atoms in total. The van der Waals surface area contributed by atoms with Crippen molar-refractivity contribution in [2.75, 3.05) is 7.11 Å². The van der Waals surface area contributed by atoms with E-state index in [4.69, 9.17) is 4.74 Å². The zero-order chi connectivity index (χ0) is 15.6. The zero-order valence-corrected chi connectivity index (χ0v) is 10.6. The second-order valence-electron chi connectivity index (χ2n) is 3.94. The number of benzene rings is 2. The van der Waals surface area contributed by atoms with Gasteiger partial charge in [0.2, 0.25) is 5.82 Å². The van der Waals surface area contributed by atoms with Crippen molar-refractivity contribution in [2.24, 2.45) is 4.99 Å². The van der Waals surface area contributed by atoms with Gasteiger partial charge in [-0.1, -0.05) is 0 Å². The Bertz CT molecular complexity index is 668. The van der Waals surface area contributed by atoms with Crippen molar-refractivity contribution in [3.63, 3.8) is 0 Å². The third-order valence-corrected chi connectivity index (χ3v) is 2.66. The first-order chi connectivity index (χ1) is 9.95. The monoisotopic (exact) mass is 301 g/mol. The fraction of sp³-hybridized carbons (Fsp3) is 0.0714. The summed E-state index contributed by atoms with van der Waals surface area (Å²) in [6, 6.07) is 5.99. The number of aliphatic imine (C=N–C) groups is 1. The van der Waals surface area contributed by atoms with Gasteiger partial charge >= 0.3 is 0 Å². The molecule has 2 rings (SSSR count). The van der Waals surface area contributed by atoms with Crippen molar-refractivity contribution in [3.8, 4) is 5.75 Å². The molecule has 0 aromatic heterocycles. The van der Waals surface area contributed by atoms with Crippen LogP contribution in [-0.2, 0) is 0 Å². The number of rotatable bonds is 3. The molecule has 0 atom stereocenters. The summed E-state index contributed by atoms with van der Waals surface area (Å²) in [6.45, 7) is 0. The number of halogens is 5. The van der Waals surface area contributed by atoms with Gasteiger partial charge in [0.05, 0.1) is 18.4 Å². The average molecular weight is 301 g/mol. The quantitative estimate of drug-likeness (QED) is 0.361. The topological polar surface area (TPSA) is 21.6 Å². The Morgan fingerprint density at radius 3 is 1.76 bits per heavy atom. The first kappa shape index (κ1) is 15.0. The van der Waals surface area contributed by atoms with Gasteiger partial charge in [-0.3, -0.25) is 4.99 Å². The van der Waals surface area contributed by atoms with E-state index in [1.54, 1.807) is 0 Å². The Balaban J connectivity index is 2.41. The van der Waals surface area contributed by atoms with Crippen molar-refractivity contribution in [1.82, 2.24) is 0 Å². The summed E-state index contributed by atoms with van der Waals surface area (Å²) < 4.78 is 70.5. The molecule has 0 spiro atoms. The van der Waals surface area contributed by atoms with Crippen LogP contribution in [0.15, 0.2) is 29.3 Å². The molecule has 2 aromatic rings. The zero-order valence-electron chi connectivity index (χ0n) is 10.6. The van der Waals surface area contributed by atoms with Gasteiger partial charge in [0.15, 0.2) is 23.3 Å². The summed E-state index contributed by atoms with van der Waals surface area (Å²) in [4.78, 5) is 3.67. The summed E-state index contributed by atoms with van der Waals surface area (Å²) in [5.74, 6) is -9.54. The third-order valence-electron chi connectivity index (χ3n) is 2.66. The van der Waals surface area contributed by atoms with Crippen LogP contribution in [-0.4, -0.2) is 13.3 Å². The molecular formula is C14H8F5NO. The molecule has 0 saturated carbocycles. The summed E-state index contributed by atoms with van der Waals surface area (Å²) in [6.07, 6.45) is 0.581. The molecule has 0 N–H and O–H groups in total. The van der Waals surface area contributed by atoms with E-state index < -0.39 is 34.6 Å². The summed E-state index contributed by atoms with van der Waals surface area (Å²) in [7, 11) is 1.45. The standard InChI is InChI=1S/C14H8F5NO/c1-21-8-4-2-7(3-5-8)20-6-9-10(15)12(17)14(19)13(18)11(9)16/h2-6H,1H3. The Morgan fingerprint density at radius 1 is 0.810 bits per heavy atom. The molecule has 0 heterocycles. The summed E-state index contributed by atoms with van der Waals surface area (Å²) in [5.41, 5.74) is -0.832. The molecule has 0 fully saturated rings. The van der Waals surface area contributed by atoms with Crippen LogP contribution in [0.2, 0.25) is 0 Å². The lowest BCUT2D eigenvalue weighted by molar-refractivity contribution is 0.377. The van der Waals surface area contributed by atoms with Gasteiger partial charge in [-0.05, 0) is 24.3 Å². The minimum atomic E-state index is -2.20. The fourth-order valence-corrected chi connectivity index (χ4v) is 1.54. The Morgan fingerprint density at radius 2 is 1.29 bits per heavy atom. The predicted molar refractivity (Wildman–Crippen MR) is 66.5 cm³/mol. The second kappa shape index (κ2) is 5.90. The average Bonchev–Trinajstić information content (AvgIpc) is 2.51. The molecule has 0 saturated heterocycles. The van der Waals surface area contributed by atoms with Gasteiger partial charge in [-0.15, -0.1) is 0 Å². The first-order valence-corrected chi connectivity index (χ1v) is 5.65. The number of nitrogens with zero attached hydrogens (tertiary/aromatic N) is 1. The van der Waals surface area contributed by atoms with Crippen molar-refractivity contribution < 1.29 is 26.7 Å². The minimum Gasteiger partial charge on any atom is -0.497 e. The van der Waals surface area contributed by atoms with E-state index in [0.717, 1.165) is 0 Å². The molecule has 110 valence electrons. The van der Waals surface area contributed by atoms with Gasteiger partial charge in [-0.2, -0.15) is 0 Å². The number of hydrogen-bond acceptors (Lipinski definition) is 2. The Hall–Kier alpha value is -2.44. The highest BCUT2D eigenvalue weighted by molar-refractivity contribution is 5.82. The molecule has 7 heteroatoms. The lowest BCUT2D eigenvalue weighted by Crippen LogP contribution is -2.06. The van der Waals surface area contributed by atoms with Crippen molar-refractivity contribution in [2.45, 2.75) is 0 Å². The van der Waals surface area contributed by atoms with E-state index in [0.29, 0.717) is 12.0 Å². The number of methoxy groups -OCH3 is 1. The first-order valence-electron chi connectivity index (χ1n) is 5.65. The molecular weight excluding hydrogens is 293 g/mol. The van der Waals surface area contributed by atoms with Crippen molar-refractivity contribution in [1.29, 1.82) is 0 Å². The molecule has 0 amide bonds. The highest BCUT2D eigenvalue weighted by Gasteiger charge is 2.24. The van der Waals surface area contributed by atoms with Gasteiger partial charge in [0.25, 0.3) is 0 Å². The van der Waals surface area contributed by atoms with Crippen molar-refractivity contribution >= 4 is 11.9 Å². The van der Waals surface area contributed by atoms with Crippen LogP contribution in [0.4, 0.5) is 27.6 Å². The highest BCUT2D eigenvalue weighted by Crippen LogP contribution is 2.23. The highest BCUT2D eigenvalue weighted by atomic mass is 19.2. The van der Waals surface area contributed by atoms with Gasteiger partial charge in [-0.25, -0.2) is 22.0 Å². The van der Waals surface area contributed by atoms with E-state index >= 15 is 0 Å². The maximum Gasteiger partial charge on any atom is 0.200 e. The Kier molecular flexibility index (Phi) is 4.21. The molecule has 0 aliphatic heterocycles. The molecule has 0 unspecified atom stereocenters. The van der Waals surface area contributed by atoms with Gasteiger partial charge in [0, 0.05) is 6.21 Å². The molecule has 0 radical (unpaired) electrons. The van der Waals surface area contributed by atoms with Crippen LogP contribution in [0.25, 0.3) is 0 Å². The third kappa shape index (κ3) is 2.86. The fourth-order valence-electron chi connectivity index (χ4n) is 1.54. The van der Waals surface area contributed by atoms with E-state index in [1.165, 1.54) is 31.4 Å². The van der Waals surface area contributed by atoms with Crippen molar-refractivity contribution in [3.05, 3.63) is 58.9 Å². The van der Waals surface area contributed by atoms with E-state index in [-0.39, 0.29) is 5.69 Å². The van der Waals surface area contributed by atoms with Crippen LogP contribution in [0, 0.1) is 29.1 Å². The second-order valence-corrected chi connectivity index (χ2v) is 3.94. The number of hydrogen-bond donors (Lipinski definition) is 0. The van der Waals surface area contributed by atoms with Crippen LogP contribution in [0.5, 0.6) is 5.75 Å². The SMILES string of the molecule is COc1ccc(N=Cc2c(F)c(F)c(F)c(F)c2F)cc1. The maximum atomic E-state index is 13.4. The van der Waals surface area contributed by atoms with Gasteiger partial charge in [0.1, 0.15) is 5.75 Å². The lowest BCUT2D eigenvalue weighted by Gasteiger charge is -2.04. The summed E-state index contributed by atoms with van der Waals surface area (Å²) >= 11 is 0. The smallest absolute Gasteiger partial charge is 0.200 e. The van der Waals surface area contributed by atoms with Gasteiger partial charge < -0.3 is 4.74 Å². The minimum absolute atomic E-state index is 0.264. The molecule has 0 aliphatic rings. The molecule has 0 aliphatic carbocycles. The largest absolute Gasteiger partial charge is 0.497 e. The Labute approximate surface area is 116 Å².